The van der Waals surface area contributed by atoms with E-state index in [9.17, 15) is 14.3 Å². The number of carbonyl (C=O) groups is 1. The molecular formula is C26H30FN5O4. The minimum atomic E-state index is -0.888. The molecule has 36 heavy (non-hydrogen) atoms. The number of hydrogen-bond donors (Lipinski definition) is 2. The fourth-order valence-electron chi connectivity index (χ4n) is 5.20. The molecule has 9 nitrogen and oxygen atoms in total. The first-order valence-corrected chi connectivity index (χ1v) is 12.6. The summed E-state index contributed by atoms with van der Waals surface area (Å²) < 4.78 is 23.8. The van der Waals surface area contributed by atoms with Crippen LogP contribution in [-0.4, -0.2) is 82.7 Å². The van der Waals surface area contributed by atoms with Gasteiger partial charge in [-0.1, -0.05) is 6.07 Å². The predicted molar refractivity (Wildman–Crippen MR) is 131 cm³/mol. The summed E-state index contributed by atoms with van der Waals surface area (Å²) >= 11 is 0. The van der Waals surface area contributed by atoms with E-state index >= 15 is 0 Å². The van der Waals surface area contributed by atoms with Gasteiger partial charge in [-0.15, -0.1) is 0 Å². The van der Waals surface area contributed by atoms with Gasteiger partial charge in [0.25, 0.3) is 0 Å². The van der Waals surface area contributed by atoms with Crippen LogP contribution in [-0.2, 0) is 15.1 Å². The van der Waals surface area contributed by atoms with Gasteiger partial charge in [0.2, 0.25) is 0 Å². The van der Waals surface area contributed by atoms with Crippen LogP contribution in [0.15, 0.2) is 36.7 Å². The number of aromatic amines is 1. The number of amides is 1. The van der Waals surface area contributed by atoms with Gasteiger partial charge in [-0.25, -0.2) is 14.2 Å². The summed E-state index contributed by atoms with van der Waals surface area (Å²) in [5, 5.41) is 11.9. The first-order valence-electron chi connectivity index (χ1n) is 12.6. The highest BCUT2D eigenvalue weighted by molar-refractivity contribution is 5.93. The molecule has 6 rings (SSSR count). The van der Waals surface area contributed by atoms with Crippen LogP contribution in [0.4, 0.5) is 14.9 Å². The van der Waals surface area contributed by atoms with Crippen molar-refractivity contribution in [1.82, 2.24) is 19.9 Å². The lowest BCUT2D eigenvalue weighted by Crippen LogP contribution is -2.50. The maximum absolute atomic E-state index is 13.0. The molecule has 5 heterocycles. The Hall–Kier alpha value is -3.24. The van der Waals surface area contributed by atoms with E-state index in [2.05, 4.69) is 19.9 Å². The second-order valence-corrected chi connectivity index (χ2v) is 9.90. The number of fused-ring (bicyclic) bond motifs is 1. The largest absolute Gasteiger partial charge is 0.446 e. The molecule has 2 saturated heterocycles. The summed E-state index contributed by atoms with van der Waals surface area (Å²) in [6, 6.07) is 7.89. The van der Waals surface area contributed by atoms with Crippen molar-refractivity contribution >= 4 is 22.8 Å². The van der Waals surface area contributed by atoms with Gasteiger partial charge in [0.1, 0.15) is 17.9 Å². The van der Waals surface area contributed by atoms with Gasteiger partial charge in [0.15, 0.2) is 0 Å². The van der Waals surface area contributed by atoms with Crippen LogP contribution in [0.1, 0.15) is 31.2 Å². The van der Waals surface area contributed by atoms with Crippen molar-refractivity contribution in [3.05, 3.63) is 42.2 Å². The lowest BCUT2D eigenvalue weighted by molar-refractivity contribution is -0.0681. The summed E-state index contributed by atoms with van der Waals surface area (Å²) in [6.07, 6.45) is 3.80. The van der Waals surface area contributed by atoms with Gasteiger partial charge in [0, 0.05) is 94.1 Å². The summed E-state index contributed by atoms with van der Waals surface area (Å²) in [6.45, 7) is 3.51. The maximum atomic E-state index is 13.0. The van der Waals surface area contributed by atoms with E-state index in [0.29, 0.717) is 65.1 Å². The Labute approximate surface area is 208 Å². The number of aromatic nitrogens is 3. The van der Waals surface area contributed by atoms with Gasteiger partial charge in [-0.2, -0.15) is 0 Å². The summed E-state index contributed by atoms with van der Waals surface area (Å²) in [4.78, 5) is 28.8. The number of piperazine rings is 1. The van der Waals surface area contributed by atoms with Gasteiger partial charge in [0.05, 0.1) is 17.0 Å². The number of alkyl halides is 1. The Morgan fingerprint density at radius 2 is 1.92 bits per heavy atom. The number of pyridine rings is 2. The number of nitrogens with one attached hydrogen (secondary N) is 1. The second kappa shape index (κ2) is 9.33. The Kier molecular flexibility index (Phi) is 6.00. The van der Waals surface area contributed by atoms with E-state index < -0.39 is 11.8 Å². The highest BCUT2D eigenvalue weighted by Crippen LogP contribution is 2.34. The van der Waals surface area contributed by atoms with Crippen molar-refractivity contribution in [2.24, 2.45) is 0 Å². The number of H-pyrrole nitrogens is 1. The van der Waals surface area contributed by atoms with E-state index in [0.717, 1.165) is 33.7 Å². The summed E-state index contributed by atoms with van der Waals surface area (Å²) in [5.74, 6) is 0. The highest BCUT2D eigenvalue weighted by Gasteiger charge is 2.34. The normalized spacial score (nSPS) is 23.9. The van der Waals surface area contributed by atoms with E-state index in [4.69, 9.17) is 9.47 Å². The molecule has 2 N–H and O–H groups in total. The van der Waals surface area contributed by atoms with Crippen LogP contribution in [0.3, 0.4) is 0 Å². The van der Waals surface area contributed by atoms with E-state index in [1.54, 1.807) is 17.3 Å². The lowest BCUT2D eigenvalue weighted by Gasteiger charge is -2.37. The van der Waals surface area contributed by atoms with E-state index in [1.165, 1.54) is 0 Å². The first-order chi connectivity index (χ1) is 17.5. The maximum Gasteiger partial charge on any atom is 0.410 e. The minimum absolute atomic E-state index is 0.286. The van der Waals surface area contributed by atoms with Crippen LogP contribution >= 0.6 is 0 Å². The average molecular weight is 496 g/mol. The summed E-state index contributed by atoms with van der Waals surface area (Å²) in [5.41, 5.74) is 3.36. The molecule has 1 amide bonds. The molecular weight excluding hydrogens is 465 g/mol. The molecule has 3 fully saturated rings. The molecule has 0 spiro atoms. The standard InChI is InChI=1S/C26H30FN5O4/c27-18-13-19(14-18)36-25(33)32-9-7-31(8-10-32)23-3-6-28-24-20(23)15-22(30-24)21-2-1-17(16-29-21)26(34)4-11-35-12-5-26/h1-3,6,15-16,18-19,34H,4-5,7-14H2,(H,28,30). The molecule has 190 valence electrons. The number of hydrogen-bond acceptors (Lipinski definition) is 7. The van der Waals surface area contributed by atoms with Crippen molar-refractivity contribution in [2.45, 2.75) is 43.6 Å². The molecule has 0 radical (unpaired) electrons. The molecule has 0 bridgehead atoms. The van der Waals surface area contributed by atoms with E-state index in [-0.39, 0.29) is 12.2 Å². The fraction of sp³-hybridized carbons (Fsp3) is 0.500. The zero-order valence-corrected chi connectivity index (χ0v) is 20.0. The molecule has 0 aromatic carbocycles. The lowest BCUT2D eigenvalue weighted by atomic mass is 9.87. The molecule has 10 heteroatoms. The third-order valence-corrected chi connectivity index (χ3v) is 7.59. The molecule has 0 atom stereocenters. The summed E-state index contributed by atoms with van der Waals surface area (Å²) in [7, 11) is 0. The highest BCUT2D eigenvalue weighted by atomic mass is 19.1. The third-order valence-electron chi connectivity index (χ3n) is 7.59. The number of aliphatic hydroxyl groups is 1. The van der Waals surface area contributed by atoms with E-state index in [1.807, 2.05) is 24.3 Å². The fourth-order valence-corrected chi connectivity index (χ4v) is 5.20. The van der Waals surface area contributed by atoms with Gasteiger partial charge in [-0.3, -0.25) is 4.98 Å². The molecule has 1 aliphatic carbocycles. The second-order valence-electron chi connectivity index (χ2n) is 9.90. The van der Waals surface area contributed by atoms with Crippen LogP contribution in [0.5, 0.6) is 0 Å². The predicted octanol–water partition coefficient (Wildman–Crippen LogP) is 3.38. The Morgan fingerprint density at radius 1 is 1.14 bits per heavy atom. The van der Waals surface area contributed by atoms with Crippen molar-refractivity contribution in [2.75, 3.05) is 44.3 Å². The number of rotatable bonds is 4. The molecule has 3 aliphatic rings. The zero-order valence-electron chi connectivity index (χ0n) is 20.0. The van der Waals surface area contributed by atoms with Crippen molar-refractivity contribution < 1.29 is 23.8 Å². The SMILES string of the molecule is O=C(OC1CC(F)C1)N1CCN(c2ccnc3[nH]c(-c4ccc(C5(O)CCOCC5)cn4)cc23)CC1. The molecule has 0 unspecified atom stereocenters. The first kappa shape index (κ1) is 23.2. The van der Waals surface area contributed by atoms with Crippen molar-refractivity contribution in [1.29, 1.82) is 0 Å². The monoisotopic (exact) mass is 495 g/mol. The van der Waals surface area contributed by atoms with Crippen molar-refractivity contribution in [3.63, 3.8) is 0 Å². The molecule has 3 aromatic rings. The topological polar surface area (TPSA) is 104 Å². The smallest absolute Gasteiger partial charge is 0.410 e. The van der Waals surface area contributed by atoms with Crippen LogP contribution in [0.25, 0.3) is 22.4 Å². The van der Waals surface area contributed by atoms with Crippen molar-refractivity contribution in [3.8, 4) is 11.4 Å². The number of nitrogens with zero attached hydrogens (tertiary/aromatic N) is 4. The van der Waals surface area contributed by atoms with Crippen LogP contribution < -0.4 is 4.90 Å². The number of halogens is 1. The minimum Gasteiger partial charge on any atom is -0.446 e. The Balaban J connectivity index is 1.15. The Morgan fingerprint density at radius 3 is 2.61 bits per heavy atom. The van der Waals surface area contributed by atoms with Gasteiger partial charge >= 0.3 is 6.09 Å². The number of ether oxygens (including phenoxy) is 2. The van der Waals surface area contributed by atoms with Gasteiger partial charge < -0.3 is 29.4 Å². The number of carbonyl (C=O) groups excluding carboxylic acids is 1. The average Bonchev–Trinajstić information content (AvgIpc) is 3.33. The Bertz CT molecular complexity index is 1230. The van der Waals surface area contributed by atoms with Crippen LogP contribution in [0.2, 0.25) is 0 Å². The van der Waals surface area contributed by atoms with Crippen LogP contribution in [0, 0.1) is 0 Å². The molecule has 3 aromatic heterocycles. The molecule has 1 saturated carbocycles. The zero-order chi connectivity index (χ0) is 24.7. The quantitative estimate of drug-likeness (QED) is 0.572. The molecule has 2 aliphatic heterocycles. The number of anilines is 1. The van der Waals surface area contributed by atoms with Gasteiger partial charge in [-0.05, 0) is 18.2 Å². The third kappa shape index (κ3) is 4.39.